The van der Waals surface area contributed by atoms with Gasteiger partial charge in [-0.25, -0.2) is 0 Å². The molecule has 4 heteroatoms. The maximum atomic E-state index is 13.0. The molecule has 0 radical (unpaired) electrons. The van der Waals surface area contributed by atoms with Crippen LogP contribution >= 0.6 is 8.46 Å². The van der Waals surface area contributed by atoms with Crippen LogP contribution in [0.1, 0.15) is 43.0 Å². The highest BCUT2D eigenvalue weighted by Gasteiger charge is 2.31. The lowest BCUT2D eigenvalue weighted by molar-refractivity contribution is 0.0822. The van der Waals surface area contributed by atoms with Gasteiger partial charge in [0, 0.05) is 17.3 Å². The van der Waals surface area contributed by atoms with Gasteiger partial charge in [-0.2, -0.15) is 0 Å². The van der Waals surface area contributed by atoms with Gasteiger partial charge in [-0.15, -0.1) is 0 Å². The van der Waals surface area contributed by atoms with E-state index in [9.17, 15) is 14.2 Å². The number of hydrogen-bond acceptors (Lipinski definition) is 3. The topological polar surface area (TPSA) is 51.2 Å². The highest BCUT2D eigenvalue weighted by molar-refractivity contribution is 7.23. The first kappa shape index (κ1) is 18.2. The summed E-state index contributed by atoms with van der Waals surface area (Å²) < 4.78 is 11.2. The number of carbonyl (C=O) groups is 2. The van der Waals surface area contributed by atoms with Gasteiger partial charge in [0.05, 0.1) is 5.92 Å². The normalized spacial score (nSPS) is 11.0. The van der Waals surface area contributed by atoms with Crippen molar-refractivity contribution in [3.05, 3.63) is 69.8 Å². The van der Waals surface area contributed by atoms with E-state index in [-0.39, 0.29) is 26.2 Å². The number of aryl methyl sites for hydroxylation is 4. The molecule has 0 spiro atoms. The van der Waals surface area contributed by atoms with Crippen molar-refractivity contribution in [1.82, 2.24) is 0 Å². The van der Waals surface area contributed by atoms with Crippen molar-refractivity contribution in [2.45, 2.75) is 27.7 Å². The molecule has 0 N–H and O–H groups in total. The first-order valence-electron chi connectivity index (χ1n) is 7.88. The van der Waals surface area contributed by atoms with Crippen molar-refractivity contribution in [2.75, 3.05) is 6.16 Å². The monoisotopic (exact) mass is 340 g/mol. The van der Waals surface area contributed by atoms with Crippen LogP contribution in [-0.4, -0.2) is 17.7 Å². The molecule has 0 amide bonds. The second-order valence-corrected chi connectivity index (χ2v) is 6.75. The third-order valence-corrected chi connectivity index (χ3v) is 4.86. The zero-order valence-electron chi connectivity index (χ0n) is 14.4. The molecule has 2 aromatic rings. The van der Waals surface area contributed by atoms with E-state index in [0.717, 1.165) is 22.3 Å². The molecule has 3 nitrogen and oxygen atoms in total. The summed E-state index contributed by atoms with van der Waals surface area (Å²) in [6.07, 6.45) is -0.000779. The van der Waals surface area contributed by atoms with E-state index in [1.165, 1.54) is 0 Å². The lowest BCUT2D eigenvalue weighted by Gasteiger charge is -2.17. The molecule has 0 aliphatic rings. The highest BCUT2D eigenvalue weighted by atomic mass is 31.1. The third-order valence-electron chi connectivity index (χ3n) is 4.35. The third kappa shape index (κ3) is 3.52. The summed E-state index contributed by atoms with van der Waals surface area (Å²) in [5.74, 6) is -1.42. The molecule has 0 unspecified atom stereocenters. The van der Waals surface area contributed by atoms with Crippen LogP contribution < -0.4 is 0 Å². The Morgan fingerprint density at radius 2 is 1.12 bits per heavy atom. The fraction of sp³-hybridized carbons (Fsp3) is 0.300. The Balaban J connectivity index is 2.52. The van der Waals surface area contributed by atoms with Gasteiger partial charge < -0.3 is 0 Å². The average molecular weight is 340 g/mol. The van der Waals surface area contributed by atoms with Gasteiger partial charge in [-0.1, -0.05) is 36.4 Å². The Morgan fingerprint density at radius 3 is 1.42 bits per heavy atom. The van der Waals surface area contributed by atoms with Crippen molar-refractivity contribution in [3.8, 4) is 0 Å². The van der Waals surface area contributed by atoms with Crippen molar-refractivity contribution < 1.29 is 14.2 Å². The van der Waals surface area contributed by atoms with Gasteiger partial charge in [-0.3, -0.25) is 14.2 Å². The Labute approximate surface area is 144 Å². The van der Waals surface area contributed by atoms with Crippen molar-refractivity contribution >= 4 is 20.0 Å². The van der Waals surface area contributed by atoms with Crippen LogP contribution in [0, 0.1) is 33.6 Å². The first-order valence-corrected chi connectivity index (χ1v) is 8.88. The Kier molecular flexibility index (Phi) is 5.80. The van der Waals surface area contributed by atoms with Crippen molar-refractivity contribution in [3.63, 3.8) is 0 Å². The summed E-state index contributed by atoms with van der Waals surface area (Å²) >= 11 is 0. The lowest BCUT2D eigenvalue weighted by Crippen LogP contribution is -2.28. The average Bonchev–Trinajstić information content (AvgIpc) is 2.51. The van der Waals surface area contributed by atoms with Gasteiger partial charge in [0.2, 0.25) is 0 Å². The first-order chi connectivity index (χ1) is 11.4. The van der Waals surface area contributed by atoms with Gasteiger partial charge in [0.1, 0.15) is 0 Å². The lowest BCUT2D eigenvalue weighted by atomic mass is 9.85. The Bertz CT molecular complexity index is 705. The predicted octanol–water partition coefficient (Wildman–Crippen LogP) is 4.89. The minimum absolute atomic E-state index is 0.000779. The predicted molar refractivity (Wildman–Crippen MR) is 96.5 cm³/mol. The molecule has 0 aliphatic heterocycles. The molecule has 2 aromatic carbocycles. The van der Waals surface area contributed by atoms with E-state index < -0.39 is 5.92 Å². The summed E-state index contributed by atoms with van der Waals surface area (Å²) in [5, 5.41) is 0. The van der Waals surface area contributed by atoms with Gasteiger partial charge in [-0.05, 0) is 49.9 Å². The summed E-state index contributed by atoms with van der Waals surface area (Å²) in [7, 11) is -0.202. The standard InChI is InChI=1S/C20H21O3P/c1-12-7-5-8-13(2)17(12)19(21)16(11-24-23)20(22)18-14(3)9-6-10-15(18)4/h5-10,16H,11H2,1-4H3. The van der Waals surface area contributed by atoms with Crippen LogP contribution in [0.15, 0.2) is 36.4 Å². The SMILES string of the molecule is Cc1cccc(C)c1C(=O)C(CP=O)C(=O)c1c(C)cccc1C. The van der Waals surface area contributed by atoms with Crippen LogP contribution in [0.2, 0.25) is 0 Å². The number of carbonyl (C=O) groups excluding carboxylic acids is 2. The second kappa shape index (κ2) is 7.63. The summed E-state index contributed by atoms with van der Waals surface area (Å²) in [5.41, 5.74) is 4.46. The van der Waals surface area contributed by atoms with E-state index in [0.29, 0.717) is 11.1 Å². The molecular formula is C20H21O3P. The maximum Gasteiger partial charge on any atom is 0.175 e. The van der Waals surface area contributed by atoms with Crippen LogP contribution in [0.5, 0.6) is 0 Å². The number of rotatable bonds is 6. The number of hydrogen-bond donors (Lipinski definition) is 0. The van der Waals surface area contributed by atoms with Gasteiger partial charge in [0.25, 0.3) is 0 Å². The molecule has 0 saturated carbocycles. The molecule has 0 fully saturated rings. The fourth-order valence-corrected chi connectivity index (χ4v) is 3.59. The number of Topliss-reactive ketones (excluding diaryl/α,β-unsaturated/α-hetero) is 2. The highest BCUT2D eigenvalue weighted by Crippen LogP contribution is 2.25. The largest absolute Gasteiger partial charge is 0.293 e. The molecule has 0 aliphatic carbocycles. The minimum atomic E-state index is -0.927. The molecule has 0 heterocycles. The van der Waals surface area contributed by atoms with Gasteiger partial charge in [0.15, 0.2) is 20.0 Å². The zero-order chi connectivity index (χ0) is 17.9. The molecular weight excluding hydrogens is 319 g/mol. The van der Waals surface area contributed by atoms with E-state index in [1.54, 1.807) is 0 Å². The van der Waals surface area contributed by atoms with Gasteiger partial charge >= 0.3 is 0 Å². The maximum absolute atomic E-state index is 13.0. The molecule has 24 heavy (non-hydrogen) atoms. The second-order valence-electron chi connectivity index (χ2n) is 6.13. The molecule has 0 saturated heterocycles. The Morgan fingerprint density at radius 1 is 0.792 bits per heavy atom. The van der Waals surface area contributed by atoms with Crippen LogP contribution in [0.4, 0.5) is 0 Å². The summed E-state index contributed by atoms with van der Waals surface area (Å²) in [4.78, 5) is 26.1. The van der Waals surface area contributed by atoms with Crippen molar-refractivity contribution in [2.24, 2.45) is 5.92 Å². The van der Waals surface area contributed by atoms with Crippen molar-refractivity contribution in [1.29, 1.82) is 0 Å². The summed E-state index contributed by atoms with van der Waals surface area (Å²) in [6, 6.07) is 11.2. The van der Waals surface area contributed by atoms with Crippen LogP contribution in [0.3, 0.4) is 0 Å². The molecule has 0 bridgehead atoms. The number of benzene rings is 2. The Hall–Kier alpha value is -2.12. The fourth-order valence-electron chi connectivity index (χ4n) is 3.11. The zero-order valence-corrected chi connectivity index (χ0v) is 15.3. The van der Waals surface area contributed by atoms with E-state index in [4.69, 9.17) is 0 Å². The van der Waals surface area contributed by atoms with E-state index in [2.05, 4.69) is 0 Å². The minimum Gasteiger partial charge on any atom is -0.293 e. The molecule has 0 aromatic heterocycles. The molecule has 0 atom stereocenters. The molecule has 2 rings (SSSR count). The molecule has 124 valence electrons. The number of ketones is 2. The summed E-state index contributed by atoms with van der Waals surface area (Å²) in [6.45, 7) is 7.43. The van der Waals surface area contributed by atoms with Crippen LogP contribution in [-0.2, 0) is 4.57 Å². The smallest absolute Gasteiger partial charge is 0.175 e. The van der Waals surface area contributed by atoms with E-state index >= 15 is 0 Å². The van der Waals surface area contributed by atoms with E-state index in [1.807, 2.05) is 64.1 Å². The van der Waals surface area contributed by atoms with Crippen LogP contribution in [0.25, 0.3) is 0 Å². The quantitative estimate of drug-likeness (QED) is 0.427.